The highest BCUT2D eigenvalue weighted by Crippen LogP contribution is 2.20. The van der Waals surface area contributed by atoms with Crippen LogP contribution in [-0.2, 0) is 13.1 Å². The molecule has 0 radical (unpaired) electrons. The van der Waals surface area contributed by atoms with Gasteiger partial charge in [0.05, 0.1) is 18.3 Å². The lowest BCUT2D eigenvalue weighted by atomic mass is 10.2. The van der Waals surface area contributed by atoms with Crippen LogP contribution < -0.4 is 0 Å². The molecule has 0 bridgehead atoms. The molecule has 1 aromatic carbocycles. The summed E-state index contributed by atoms with van der Waals surface area (Å²) in [6, 6.07) is 15.7. The van der Waals surface area contributed by atoms with Gasteiger partial charge in [-0.3, -0.25) is 9.69 Å². The van der Waals surface area contributed by atoms with Crippen molar-refractivity contribution >= 4 is 11.6 Å². The molecule has 0 saturated heterocycles. The molecular formula is C22H24N4O2. The van der Waals surface area contributed by atoms with Gasteiger partial charge in [-0.25, -0.2) is 4.98 Å². The number of benzene rings is 1. The fraction of sp³-hybridized carbons (Fsp3) is 0.273. The van der Waals surface area contributed by atoms with Crippen LogP contribution in [0.4, 0.5) is 0 Å². The minimum absolute atomic E-state index is 0.0285. The molecule has 28 heavy (non-hydrogen) atoms. The molecule has 1 amide bonds. The Balaban J connectivity index is 1.65. The third-order valence-electron chi connectivity index (χ3n) is 5.15. The lowest BCUT2D eigenvalue weighted by Gasteiger charge is -2.23. The van der Waals surface area contributed by atoms with E-state index in [0.717, 1.165) is 23.4 Å². The number of carbonyl (C=O) groups is 1. The summed E-state index contributed by atoms with van der Waals surface area (Å²) in [5.41, 5.74) is 3.14. The molecule has 0 spiro atoms. The van der Waals surface area contributed by atoms with Crippen molar-refractivity contribution in [3.05, 3.63) is 83.8 Å². The molecular weight excluding hydrogens is 352 g/mol. The van der Waals surface area contributed by atoms with E-state index >= 15 is 0 Å². The van der Waals surface area contributed by atoms with Crippen molar-refractivity contribution in [2.24, 2.45) is 0 Å². The second-order valence-corrected chi connectivity index (χ2v) is 7.09. The standard InChI is InChI=1S/C22H24N4O2/c1-24(14-17-8-3-2-4-9-17)22(28)21-19(15-25-12-7-10-18(25)16-27)26-13-6-5-11-20(26)23-21/h2-11,13,18,27H,12,14-16H2,1H3. The van der Waals surface area contributed by atoms with Crippen LogP contribution >= 0.6 is 0 Å². The molecule has 1 unspecified atom stereocenters. The molecule has 0 aliphatic carbocycles. The van der Waals surface area contributed by atoms with E-state index in [2.05, 4.69) is 9.88 Å². The van der Waals surface area contributed by atoms with E-state index in [1.165, 1.54) is 0 Å². The number of imidazole rings is 1. The van der Waals surface area contributed by atoms with Gasteiger partial charge in [0.15, 0.2) is 5.69 Å². The lowest BCUT2D eigenvalue weighted by Crippen LogP contribution is -2.34. The first kappa shape index (κ1) is 18.4. The minimum atomic E-state index is -0.102. The number of hydrogen-bond donors (Lipinski definition) is 1. The summed E-state index contributed by atoms with van der Waals surface area (Å²) >= 11 is 0. The monoisotopic (exact) mass is 376 g/mol. The summed E-state index contributed by atoms with van der Waals surface area (Å²) < 4.78 is 1.97. The first-order valence-electron chi connectivity index (χ1n) is 9.44. The Bertz CT molecular complexity index is 996. The second kappa shape index (κ2) is 7.96. The third kappa shape index (κ3) is 3.56. The summed E-state index contributed by atoms with van der Waals surface area (Å²) in [5, 5.41) is 9.62. The van der Waals surface area contributed by atoms with Crippen LogP contribution in [0.5, 0.6) is 0 Å². The molecule has 6 heteroatoms. The normalized spacial score (nSPS) is 16.7. The molecule has 1 atom stereocenters. The number of aliphatic hydroxyl groups is 1. The molecule has 6 nitrogen and oxygen atoms in total. The van der Waals surface area contributed by atoms with Gasteiger partial charge in [-0.15, -0.1) is 0 Å². The largest absolute Gasteiger partial charge is 0.394 e. The molecule has 1 N–H and O–H groups in total. The van der Waals surface area contributed by atoms with Crippen molar-refractivity contribution in [3.8, 4) is 0 Å². The van der Waals surface area contributed by atoms with Gasteiger partial charge in [0.2, 0.25) is 0 Å². The zero-order valence-electron chi connectivity index (χ0n) is 15.9. The Labute approximate surface area is 164 Å². The number of pyridine rings is 1. The van der Waals surface area contributed by atoms with Crippen molar-refractivity contribution in [2.75, 3.05) is 20.2 Å². The van der Waals surface area contributed by atoms with E-state index < -0.39 is 0 Å². The van der Waals surface area contributed by atoms with Gasteiger partial charge >= 0.3 is 0 Å². The van der Waals surface area contributed by atoms with Gasteiger partial charge in [0, 0.05) is 32.9 Å². The predicted octanol–water partition coefficient (Wildman–Crippen LogP) is 2.34. The molecule has 3 heterocycles. The number of aromatic nitrogens is 2. The van der Waals surface area contributed by atoms with Crippen molar-refractivity contribution < 1.29 is 9.90 Å². The summed E-state index contributed by atoms with van der Waals surface area (Å²) in [6.07, 6.45) is 5.99. The summed E-state index contributed by atoms with van der Waals surface area (Å²) in [5.74, 6) is -0.102. The summed E-state index contributed by atoms with van der Waals surface area (Å²) in [6.45, 7) is 1.88. The topological polar surface area (TPSA) is 61.1 Å². The Morgan fingerprint density at radius 2 is 2.00 bits per heavy atom. The highest BCUT2D eigenvalue weighted by molar-refractivity contribution is 5.94. The summed E-state index contributed by atoms with van der Waals surface area (Å²) in [4.78, 5) is 21.7. The molecule has 0 fully saturated rings. The van der Waals surface area contributed by atoms with Crippen molar-refractivity contribution in [2.45, 2.75) is 19.1 Å². The zero-order chi connectivity index (χ0) is 19.5. The predicted molar refractivity (Wildman–Crippen MR) is 108 cm³/mol. The van der Waals surface area contributed by atoms with Crippen LogP contribution in [0.25, 0.3) is 5.65 Å². The summed E-state index contributed by atoms with van der Waals surface area (Å²) in [7, 11) is 1.80. The van der Waals surface area contributed by atoms with Crippen LogP contribution in [0.15, 0.2) is 66.9 Å². The van der Waals surface area contributed by atoms with Crippen molar-refractivity contribution in [3.63, 3.8) is 0 Å². The maximum absolute atomic E-state index is 13.2. The Morgan fingerprint density at radius 3 is 2.79 bits per heavy atom. The molecule has 2 aromatic heterocycles. The van der Waals surface area contributed by atoms with Gasteiger partial charge < -0.3 is 14.4 Å². The van der Waals surface area contributed by atoms with Crippen molar-refractivity contribution in [1.82, 2.24) is 19.2 Å². The van der Waals surface area contributed by atoms with E-state index in [4.69, 9.17) is 0 Å². The number of amides is 1. The zero-order valence-corrected chi connectivity index (χ0v) is 15.9. The minimum Gasteiger partial charge on any atom is -0.394 e. The fourth-order valence-electron chi connectivity index (χ4n) is 3.64. The average molecular weight is 376 g/mol. The van der Waals surface area contributed by atoms with Crippen molar-refractivity contribution in [1.29, 1.82) is 0 Å². The number of fused-ring (bicyclic) bond motifs is 1. The Kier molecular flexibility index (Phi) is 5.23. The van der Waals surface area contributed by atoms with Crippen LogP contribution in [-0.4, -0.2) is 56.4 Å². The fourth-order valence-corrected chi connectivity index (χ4v) is 3.64. The SMILES string of the molecule is CN(Cc1ccccc1)C(=O)c1nc2ccccn2c1CN1CC=CC1CO. The molecule has 4 rings (SSSR count). The molecule has 1 aliphatic rings. The first-order chi connectivity index (χ1) is 13.7. The highest BCUT2D eigenvalue weighted by Gasteiger charge is 2.26. The molecule has 144 valence electrons. The molecule has 3 aromatic rings. The smallest absolute Gasteiger partial charge is 0.274 e. The van der Waals surface area contributed by atoms with Gasteiger partial charge in [-0.1, -0.05) is 48.6 Å². The van der Waals surface area contributed by atoms with Gasteiger partial charge in [-0.05, 0) is 17.7 Å². The quantitative estimate of drug-likeness (QED) is 0.671. The van der Waals surface area contributed by atoms with Gasteiger partial charge in [0.25, 0.3) is 5.91 Å². The third-order valence-corrected chi connectivity index (χ3v) is 5.15. The average Bonchev–Trinajstić information content (AvgIpc) is 3.33. The number of aliphatic hydroxyl groups excluding tert-OH is 1. The Morgan fingerprint density at radius 1 is 1.21 bits per heavy atom. The number of rotatable bonds is 6. The van der Waals surface area contributed by atoms with Crippen LogP contribution in [0.3, 0.4) is 0 Å². The highest BCUT2D eigenvalue weighted by atomic mass is 16.3. The van der Waals surface area contributed by atoms with E-state index in [-0.39, 0.29) is 18.6 Å². The lowest BCUT2D eigenvalue weighted by molar-refractivity contribution is 0.0776. The van der Waals surface area contributed by atoms with Crippen LogP contribution in [0.1, 0.15) is 21.7 Å². The van der Waals surface area contributed by atoms with E-state index in [1.807, 2.05) is 71.3 Å². The molecule has 0 saturated carbocycles. The van der Waals surface area contributed by atoms with E-state index in [1.54, 1.807) is 11.9 Å². The second-order valence-electron chi connectivity index (χ2n) is 7.09. The number of carbonyl (C=O) groups excluding carboxylic acids is 1. The first-order valence-corrected chi connectivity index (χ1v) is 9.44. The van der Waals surface area contributed by atoms with Gasteiger partial charge in [-0.2, -0.15) is 0 Å². The van der Waals surface area contributed by atoms with E-state index in [0.29, 0.717) is 18.8 Å². The van der Waals surface area contributed by atoms with Gasteiger partial charge in [0.1, 0.15) is 5.65 Å². The maximum atomic E-state index is 13.2. The maximum Gasteiger partial charge on any atom is 0.274 e. The number of nitrogens with zero attached hydrogens (tertiary/aromatic N) is 4. The Hall–Kier alpha value is -2.96. The number of hydrogen-bond acceptors (Lipinski definition) is 4. The van der Waals surface area contributed by atoms with E-state index in [9.17, 15) is 9.90 Å². The van der Waals surface area contributed by atoms with Crippen LogP contribution in [0, 0.1) is 0 Å². The van der Waals surface area contributed by atoms with Crippen LogP contribution in [0.2, 0.25) is 0 Å². The molecule has 1 aliphatic heterocycles.